The number of nitrogens with zero attached hydrogens (tertiary/aromatic N) is 2. The number of amides is 1. The predicted octanol–water partition coefficient (Wildman–Crippen LogP) is 4.77. The van der Waals surface area contributed by atoms with Gasteiger partial charge in [0.05, 0.1) is 5.75 Å². The van der Waals surface area contributed by atoms with Gasteiger partial charge >= 0.3 is 0 Å². The molecule has 6 heteroatoms. The Bertz CT molecular complexity index is 1150. The minimum Gasteiger partial charge on any atom is -0.334 e. The maximum absolute atomic E-state index is 13.5. The van der Waals surface area contributed by atoms with E-state index in [9.17, 15) is 13.2 Å². The van der Waals surface area contributed by atoms with E-state index in [0.29, 0.717) is 39.0 Å². The van der Waals surface area contributed by atoms with Gasteiger partial charge in [-0.2, -0.15) is 0 Å². The van der Waals surface area contributed by atoms with Crippen molar-refractivity contribution in [3.63, 3.8) is 0 Å². The fourth-order valence-electron chi connectivity index (χ4n) is 4.56. The number of piperidine rings is 1. The number of hydrogen-bond donors (Lipinski definition) is 0. The van der Waals surface area contributed by atoms with Crippen LogP contribution in [0.15, 0.2) is 84.9 Å². The highest BCUT2D eigenvalue weighted by atomic mass is 32.2. The minimum absolute atomic E-state index is 0.00142. The summed E-state index contributed by atoms with van der Waals surface area (Å²) in [6, 6.07) is 27.6. The molecule has 1 fully saturated rings. The normalized spacial score (nSPS) is 15.2. The minimum atomic E-state index is -3.41. The topological polar surface area (TPSA) is 57.7 Å². The second-order valence-corrected chi connectivity index (χ2v) is 11.1. The van der Waals surface area contributed by atoms with Crippen molar-refractivity contribution in [1.29, 1.82) is 0 Å². The molecule has 3 aromatic carbocycles. The van der Waals surface area contributed by atoms with Crippen LogP contribution in [0.4, 0.5) is 0 Å². The van der Waals surface area contributed by atoms with Crippen molar-refractivity contribution >= 4 is 15.9 Å². The molecule has 0 radical (unpaired) electrons. The summed E-state index contributed by atoms with van der Waals surface area (Å²) >= 11 is 0. The van der Waals surface area contributed by atoms with Gasteiger partial charge < -0.3 is 4.90 Å². The van der Waals surface area contributed by atoms with Gasteiger partial charge in [0.25, 0.3) is 0 Å². The van der Waals surface area contributed by atoms with E-state index >= 15 is 0 Å². The van der Waals surface area contributed by atoms with Crippen LogP contribution in [0.2, 0.25) is 0 Å². The highest BCUT2D eigenvalue weighted by molar-refractivity contribution is 7.88. The molecule has 0 atom stereocenters. The van der Waals surface area contributed by atoms with Gasteiger partial charge in [0.15, 0.2) is 0 Å². The van der Waals surface area contributed by atoms with Crippen molar-refractivity contribution in [3.05, 3.63) is 107 Å². The lowest BCUT2D eigenvalue weighted by molar-refractivity contribution is -0.138. The fourth-order valence-corrected chi connectivity index (χ4v) is 6.11. The Morgan fingerprint density at radius 1 is 0.824 bits per heavy atom. The summed E-state index contributed by atoms with van der Waals surface area (Å²) in [6.07, 6.45) is 1.10. The van der Waals surface area contributed by atoms with E-state index in [0.717, 1.165) is 22.3 Å². The third-order valence-corrected chi connectivity index (χ3v) is 8.22. The van der Waals surface area contributed by atoms with Crippen molar-refractivity contribution in [2.24, 2.45) is 5.92 Å². The third-order valence-electron chi connectivity index (χ3n) is 6.37. The van der Waals surface area contributed by atoms with E-state index in [2.05, 4.69) is 0 Å². The SMILES string of the molecule is Cc1cccc(CS(=O)(=O)N2CCC(C(=O)N(Cc3ccccc3)Cc3ccccc3)CC2)c1. The van der Waals surface area contributed by atoms with Crippen LogP contribution in [-0.2, 0) is 33.7 Å². The smallest absolute Gasteiger partial charge is 0.226 e. The molecule has 1 aliphatic rings. The zero-order valence-electron chi connectivity index (χ0n) is 19.6. The van der Waals surface area contributed by atoms with E-state index in [4.69, 9.17) is 0 Å². The molecule has 0 saturated carbocycles. The molecule has 0 spiro atoms. The number of benzene rings is 3. The maximum atomic E-state index is 13.5. The molecule has 178 valence electrons. The lowest BCUT2D eigenvalue weighted by Crippen LogP contribution is -2.44. The van der Waals surface area contributed by atoms with Crippen LogP contribution < -0.4 is 0 Å². The van der Waals surface area contributed by atoms with Crippen LogP contribution in [0.3, 0.4) is 0 Å². The quantitative estimate of drug-likeness (QED) is 0.471. The van der Waals surface area contributed by atoms with Crippen LogP contribution in [0, 0.1) is 12.8 Å². The fraction of sp³-hybridized carbons (Fsp3) is 0.321. The van der Waals surface area contributed by atoms with Crippen molar-refractivity contribution in [2.75, 3.05) is 13.1 Å². The highest BCUT2D eigenvalue weighted by Crippen LogP contribution is 2.25. The molecule has 0 bridgehead atoms. The third kappa shape index (κ3) is 6.33. The summed E-state index contributed by atoms with van der Waals surface area (Å²) in [5.41, 5.74) is 4.03. The van der Waals surface area contributed by atoms with E-state index in [1.54, 1.807) is 4.31 Å². The molecular formula is C28H32N2O3S. The average molecular weight is 477 g/mol. The summed E-state index contributed by atoms with van der Waals surface area (Å²) in [5, 5.41) is 0. The Kier molecular flexibility index (Phi) is 7.80. The molecular weight excluding hydrogens is 444 g/mol. The Balaban J connectivity index is 1.42. The first kappa shape index (κ1) is 24.2. The van der Waals surface area contributed by atoms with Crippen LogP contribution in [0.25, 0.3) is 0 Å². The first-order chi connectivity index (χ1) is 16.4. The molecule has 1 aliphatic heterocycles. The van der Waals surface area contributed by atoms with Crippen molar-refractivity contribution in [2.45, 2.75) is 38.6 Å². The molecule has 1 heterocycles. The van der Waals surface area contributed by atoms with Gasteiger partial charge in [-0.05, 0) is 36.5 Å². The molecule has 34 heavy (non-hydrogen) atoms. The Morgan fingerprint density at radius 3 is 1.88 bits per heavy atom. The van der Waals surface area contributed by atoms with Gasteiger partial charge in [-0.1, -0.05) is 90.5 Å². The molecule has 1 saturated heterocycles. The first-order valence-electron chi connectivity index (χ1n) is 11.8. The second kappa shape index (κ2) is 11.0. The van der Waals surface area contributed by atoms with Crippen LogP contribution in [0.5, 0.6) is 0 Å². The van der Waals surface area contributed by atoms with Crippen LogP contribution >= 0.6 is 0 Å². The van der Waals surface area contributed by atoms with Crippen molar-refractivity contribution in [3.8, 4) is 0 Å². The Hall–Kier alpha value is -2.96. The molecule has 0 N–H and O–H groups in total. The number of aryl methyl sites for hydroxylation is 1. The standard InChI is InChI=1S/C28H32N2O3S/c1-23-9-8-14-26(19-23)22-34(32,33)30-17-15-27(16-18-30)28(31)29(20-24-10-4-2-5-11-24)21-25-12-6-3-7-13-25/h2-14,19,27H,15-18,20-22H2,1H3. The lowest BCUT2D eigenvalue weighted by Gasteiger charge is -2.34. The summed E-state index contributed by atoms with van der Waals surface area (Å²) in [6.45, 7) is 3.81. The molecule has 0 aromatic heterocycles. The molecule has 0 aliphatic carbocycles. The van der Waals surface area contributed by atoms with Gasteiger partial charge in [0, 0.05) is 32.1 Å². The number of rotatable bonds is 8. The van der Waals surface area contributed by atoms with E-state index in [1.165, 1.54) is 0 Å². The summed E-state index contributed by atoms with van der Waals surface area (Å²) < 4.78 is 27.5. The number of sulfonamides is 1. The second-order valence-electron chi connectivity index (χ2n) is 9.08. The van der Waals surface area contributed by atoms with E-state index < -0.39 is 10.0 Å². The van der Waals surface area contributed by atoms with Crippen LogP contribution in [0.1, 0.15) is 35.1 Å². The van der Waals surface area contributed by atoms with Crippen molar-refractivity contribution < 1.29 is 13.2 Å². The van der Waals surface area contributed by atoms with Gasteiger partial charge in [-0.25, -0.2) is 12.7 Å². The maximum Gasteiger partial charge on any atom is 0.226 e. The van der Waals surface area contributed by atoms with E-state index in [1.807, 2.05) is 96.8 Å². The lowest BCUT2D eigenvalue weighted by atomic mass is 9.96. The largest absolute Gasteiger partial charge is 0.334 e. The van der Waals surface area contributed by atoms with Crippen molar-refractivity contribution in [1.82, 2.24) is 9.21 Å². The number of carbonyl (C=O) groups excluding carboxylic acids is 1. The van der Waals surface area contributed by atoms with E-state index in [-0.39, 0.29) is 17.6 Å². The van der Waals surface area contributed by atoms with Gasteiger partial charge in [0.2, 0.25) is 15.9 Å². The first-order valence-corrected chi connectivity index (χ1v) is 13.4. The molecule has 5 nitrogen and oxygen atoms in total. The molecule has 1 amide bonds. The summed E-state index contributed by atoms with van der Waals surface area (Å²) in [7, 11) is -3.41. The molecule has 3 aromatic rings. The summed E-state index contributed by atoms with van der Waals surface area (Å²) in [5.74, 6) is -0.0668. The van der Waals surface area contributed by atoms with Gasteiger partial charge in [0.1, 0.15) is 0 Å². The summed E-state index contributed by atoms with van der Waals surface area (Å²) in [4.78, 5) is 15.5. The average Bonchev–Trinajstić information content (AvgIpc) is 2.84. The predicted molar refractivity (Wildman–Crippen MR) is 135 cm³/mol. The van der Waals surface area contributed by atoms with Gasteiger partial charge in [-0.3, -0.25) is 4.79 Å². The van der Waals surface area contributed by atoms with Crippen LogP contribution in [-0.4, -0.2) is 36.6 Å². The van der Waals surface area contributed by atoms with Gasteiger partial charge in [-0.15, -0.1) is 0 Å². The Labute approximate surface area is 203 Å². The number of hydrogen-bond acceptors (Lipinski definition) is 3. The Morgan fingerprint density at radius 2 is 1.35 bits per heavy atom. The zero-order chi connectivity index (χ0) is 24.0. The number of carbonyl (C=O) groups is 1. The molecule has 4 rings (SSSR count). The molecule has 0 unspecified atom stereocenters. The zero-order valence-corrected chi connectivity index (χ0v) is 20.5. The highest BCUT2D eigenvalue weighted by Gasteiger charge is 2.33. The monoisotopic (exact) mass is 476 g/mol.